The summed E-state index contributed by atoms with van der Waals surface area (Å²) in [5.74, 6) is 1.38. The van der Waals surface area contributed by atoms with E-state index in [1.807, 2.05) is 41.3 Å². The van der Waals surface area contributed by atoms with Crippen molar-refractivity contribution in [2.45, 2.75) is 38.5 Å². The van der Waals surface area contributed by atoms with Crippen LogP contribution in [0.2, 0.25) is 0 Å². The number of likely N-dealkylation sites (tertiary alicyclic amines) is 1. The van der Waals surface area contributed by atoms with Crippen LogP contribution < -0.4 is 4.74 Å². The lowest BCUT2D eigenvalue weighted by Gasteiger charge is -2.39. The second-order valence-corrected chi connectivity index (χ2v) is 8.30. The van der Waals surface area contributed by atoms with Gasteiger partial charge in [0.2, 0.25) is 0 Å². The van der Waals surface area contributed by atoms with Crippen LogP contribution in [-0.4, -0.2) is 43.8 Å². The van der Waals surface area contributed by atoms with Crippen LogP contribution in [0.15, 0.2) is 55.0 Å². The summed E-state index contributed by atoms with van der Waals surface area (Å²) in [5.41, 5.74) is 2.82. The van der Waals surface area contributed by atoms with Gasteiger partial charge in [-0.05, 0) is 42.5 Å². The van der Waals surface area contributed by atoms with Crippen LogP contribution in [-0.2, 0) is 13.2 Å². The lowest BCUT2D eigenvalue weighted by atomic mass is 9.93. The summed E-state index contributed by atoms with van der Waals surface area (Å²) in [6.07, 6.45) is 8.23. The van der Waals surface area contributed by atoms with Crippen molar-refractivity contribution in [3.63, 3.8) is 0 Å². The maximum Gasteiger partial charge on any atom is 0.185 e. The molecule has 1 saturated carbocycles. The van der Waals surface area contributed by atoms with Gasteiger partial charge in [0.05, 0.1) is 12.2 Å². The predicted octanol–water partition coefficient (Wildman–Crippen LogP) is 3.29. The average Bonchev–Trinajstić information content (AvgIpc) is 3.48. The highest BCUT2D eigenvalue weighted by atomic mass is 16.5. The molecule has 30 heavy (non-hydrogen) atoms. The Morgan fingerprint density at radius 2 is 1.93 bits per heavy atom. The highest BCUT2D eigenvalue weighted by molar-refractivity contribution is 5.94. The van der Waals surface area contributed by atoms with Crippen LogP contribution in [0.25, 0.3) is 0 Å². The van der Waals surface area contributed by atoms with E-state index in [2.05, 4.69) is 32.3 Å². The first-order chi connectivity index (χ1) is 14.7. The molecule has 154 valence electrons. The van der Waals surface area contributed by atoms with Gasteiger partial charge in [0.25, 0.3) is 0 Å². The van der Waals surface area contributed by atoms with Gasteiger partial charge < -0.3 is 4.74 Å². The second kappa shape index (κ2) is 8.36. The Morgan fingerprint density at radius 1 is 1.10 bits per heavy atom. The van der Waals surface area contributed by atoms with E-state index in [-0.39, 0.29) is 5.78 Å². The third kappa shape index (κ3) is 4.57. The highest BCUT2D eigenvalue weighted by Crippen LogP contribution is 2.34. The fraction of sp³-hybridized carbons (Fsp3) is 0.391. The minimum absolute atomic E-state index is 0.113. The standard InChI is InChI=1S/C23H25N5O2/c29-23(22-15-28(26-25-22)20-5-6-20)10-19-13-27(14-19)12-17-3-7-21(8-4-17)30-16-18-2-1-9-24-11-18/h1-4,7-9,11,15,19-20H,5-6,10,12-14,16H2. The van der Waals surface area contributed by atoms with Gasteiger partial charge in [-0.2, -0.15) is 0 Å². The number of ether oxygens (including phenoxy) is 1. The molecule has 1 saturated heterocycles. The largest absolute Gasteiger partial charge is 0.489 e. The van der Waals surface area contributed by atoms with Gasteiger partial charge in [-0.1, -0.05) is 23.4 Å². The number of pyridine rings is 1. The molecule has 1 aliphatic carbocycles. The predicted molar refractivity (Wildman–Crippen MR) is 111 cm³/mol. The number of rotatable bonds is 9. The molecular formula is C23H25N5O2. The maximum atomic E-state index is 12.4. The Labute approximate surface area is 175 Å². The zero-order chi connectivity index (χ0) is 20.3. The Morgan fingerprint density at radius 3 is 2.67 bits per heavy atom. The van der Waals surface area contributed by atoms with Crippen LogP contribution in [0.1, 0.15) is 46.9 Å². The second-order valence-electron chi connectivity index (χ2n) is 8.30. The molecule has 0 N–H and O–H groups in total. The van der Waals surface area contributed by atoms with E-state index < -0.39 is 0 Å². The first-order valence-electron chi connectivity index (χ1n) is 10.5. The van der Waals surface area contributed by atoms with E-state index in [4.69, 9.17) is 4.74 Å². The van der Waals surface area contributed by atoms with Crippen LogP contribution in [0.4, 0.5) is 0 Å². The van der Waals surface area contributed by atoms with Crippen LogP contribution in [0.5, 0.6) is 5.75 Å². The maximum absolute atomic E-state index is 12.4. The van der Waals surface area contributed by atoms with Crippen molar-refractivity contribution in [1.82, 2.24) is 24.9 Å². The zero-order valence-corrected chi connectivity index (χ0v) is 16.9. The molecule has 2 aliphatic rings. The summed E-state index contributed by atoms with van der Waals surface area (Å²) in [6.45, 7) is 3.30. The molecule has 7 nitrogen and oxygen atoms in total. The van der Waals surface area contributed by atoms with Gasteiger partial charge in [-0.25, -0.2) is 4.68 Å². The number of hydrogen-bond acceptors (Lipinski definition) is 6. The first-order valence-corrected chi connectivity index (χ1v) is 10.5. The van der Waals surface area contributed by atoms with Gasteiger partial charge in [-0.3, -0.25) is 14.7 Å². The quantitative estimate of drug-likeness (QED) is 0.511. The van der Waals surface area contributed by atoms with E-state index in [0.29, 0.717) is 30.7 Å². The number of hydrogen-bond donors (Lipinski definition) is 0. The summed E-state index contributed by atoms with van der Waals surface area (Å²) in [7, 11) is 0. The SMILES string of the molecule is O=C(CC1CN(Cc2ccc(OCc3cccnc3)cc2)C1)c1cn(C2CC2)nn1. The van der Waals surface area contributed by atoms with Gasteiger partial charge in [-0.15, -0.1) is 5.10 Å². The molecule has 1 aliphatic heterocycles. The van der Waals surface area contributed by atoms with E-state index in [1.54, 1.807) is 6.20 Å². The normalized spacial score (nSPS) is 16.9. The molecule has 2 fully saturated rings. The molecule has 0 radical (unpaired) electrons. The fourth-order valence-electron chi connectivity index (χ4n) is 3.82. The number of nitrogens with zero attached hydrogens (tertiary/aromatic N) is 5. The van der Waals surface area contributed by atoms with E-state index in [1.165, 1.54) is 5.56 Å². The topological polar surface area (TPSA) is 73.1 Å². The van der Waals surface area contributed by atoms with E-state index >= 15 is 0 Å². The van der Waals surface area contributed by atoms with Crippen molar-refractivity contribution in [1.29, 1.82) is 0 Å². The van der Waals surface area contributed by atoms with Crippen molar-refractivity contribution in [2.24, 2.45) is 5.92 Å². The molecule has 0 atom stereocenters. The van der Waals surface area contributed by atoms with Gasteiger partial charge in [0, 0.05) is 44.0 Å². The molecule has 2 aromatic heterocycles. The number of carbonyl (C=O) groups excluding carboxylic acids is 1. The summed E-state index contributed by atoms with van der Waals surface area (Å²) >= 11 is 0. The van der Waals surface area contributed by atoms with Crippen molar-refractivity contribution >= 4 is 5.78 Å². The number of Topliss-reactive ketones (excluding diaryl/α,β-unsaturated/α-hetero) is 1. The van der Waals surface area contributed by atoms with E-state index in [0.717, 1.165) is 43.8 Å². The molecule has 3 aromatic rings. The molecule has 5 rings (SSSR count). The summed E-state index contributed by atoms with van der Waals surface area (Å²) in [4.78, 5) is 18.9. The minimum atomic E-state index is 0.113. The number of aromatic nitrogens is 4. The molecular weight excluding hydrogens is 378 g/mol. The van der Waals surface area contributed by atoms with Crippen molar-refractivity contribution < 1.29 is 9.53 Å². The lowest BCUT2D eigenvalue weighted by molar-refractivity contribution is 0.0702. The van der Waals surface area contributed by atoms with Gasteiger partial charge in [0.15, 0.2) is 5.78 Å². The molecule has 0 unspecified atom stereocenters. The summed E-state index contributed by atoms with van der Waals surface area (Å²) in [6, 6.07) is 12.6. The van der Waals surface area contributed by atoms with Crippen molar-refractivity contribution in [3.05, 3.63) is 71.8 Å². The van der Waals surface area contributed by atoms with Crippen LogP contribution in [0.3, 0.4) is 0 Å². The highest BCUT2D eigenvalue weighted by Gasteiger charge is 2.30. The Hall–Kier alpha value is -3.06. The smallest absolute Gasteiger partial charge is 0.185 e. The molecule has 0 amide bonds. The number of carbonyl (C=O) groups is 1. The fourth-order valence-corrected chi connectivity index (χ4v) is 3.82. The summed E-state index contributed by atoms with van der Waals surface area (Å²) in [5, 5.41) is 8.13. The van der Waals surface area contributed by atoms with Crippen molar-refractivity contribution in [3.8, 4) is 5.75 Å². The van der Waals surface area contributed by atoms with Crippen LogP contribution >= 0.6 is 0 Å². The molecule has 1 aromatic carbocycles. The summed E-state index contributed by atoms with van der Waals surface area (Å²) < 4.78 is 7.65. The third-order valence-corrected chi connectivity index (χ3v) is 5.68. The number of benzene rings is 1. The van der Waals surface area contributed by atoms with E-state index in [9.17, 15) is 4.79 Å². The third-order valence-electron chi connectivity index (χ3n) is 5.68. The van der Waals surface area contributed by atoms with Gasteiger partial charge in [0.1, 0.15) is 18.1 Å². The lowest BCUT2D eigenvalue weighted by Crippen LogP contribution is -2.46. The Balaban J connectivity index is 1.05. The average molecular weight is 403 g/mol. The first kappa shape index (κ1) is 18.9. The minimum Gasteiger partial charge on any atom is -0.489 e. The Bertz CT molecular complexity index is 992. The molecule has 3 heterocycles. The number of ketones is 1. The molecule has 7 heteroatoms. The van der Waals surface area contributed by atoms with Crippen LogP contribution in [0, 0.1) is 5.92 Å². The monoisotopic (exact) mass is 403 g/mol. The molecule has 0 spiro atoms. The molecule has 0 bridgehead atoms. The van der Waals surface area contributed by atoms with Gasteiger partial charge >= 0.3 is 0 Å². The van der Waals surface area contributed by atoms with Crippen molar-refractivity contribution in [2.75, 3.05) is 13.1 Å². The Kier molecular flexibility index (Phi) is 5.27. The zero-order valence-electron chi connectivity index (χ0n) is 16.9.